The summed E-state index contributed by atoms with van der Waals surface area (Å²) in [6.45, 7) is 2.17. The van der Waals surface area contributed by atoms with E-state index in [2.05, 4.69) is 10.6 Å². The number of amides is 2. The molecule has 0 fully saturated rings. The van der Waals surface area contributed by atoms with Gasteiger partial charge in [-0.25, -0.2) is 0 Å². The molecule has 0 aliphatic rings. The number of halogens is 1. The number of rotatable bonds is 10. The second-order valence-electron chi connectivity index (χ2n) is 7.34. The molecule has 0 radical (unpaired) electrons. The summed E-state index contributed by atoms with van der Waals surface area (Å²) in [6, 6.07) is 20.3. The molecular weight excluding hydrogens is 482 g/mol. The first-order chi connectivity index (χ1) is 17.4. The van der Waals surface area contributed by atoms with E-state index in [1.807, 2.05) is 13.0 Å². The Hall–Kier alpha value is -4.48. The average molecular weight is 506 g/mol. The summed E-state index contributed by atoms with van der Waals surface area (Å²) < 4.78 is 16.3. The van der Waals surface area contributed by atoms with Crippen molar-refractivity contribution in [3.05, 3.63) is 82.9 Å². The van der Waals surface area contributed by atoms with Gasteiger partial charge in [0.15, 0.2) is 18.1 Å². The second kappa shape index (κ2) is 12.8. The van der Waals surface area contributed by atoms with Crippen molar-refractivity contribution in [2.24, 2.45) is 0 Å². The quantitative estimate of drug-likeness (QED) is 0.285. The minimum Gasteiger partial charge on any atom is -0.494 e. The number of hydrogen-bond donors (Lipinski definition) is 2. The molecular formula is C27H24ClN3O5. The van der Waals surface area contributed by atoms with Crippen molar-refractivity contribution in [3.8, 4) is 23.3 Å². The maximum Gasteiger partial charge on any atom is 0.266 e. The molecule has 0 saturated carbocycles. The van der Waals surface area contributed by atoms with Gasteiger partial charge in [0.05, 0.1) is 13.7 Å². The largest absolute Gasteiger partial charge is 0.494 e. The first-order valence-corrected chi connectivity index (χ1v) is 11.3. The minimum atomic E-state index is -0.556. The predicted molar refractivity (Wildman–Crippen MR) is 138 cm³/mol. The third kappa shape index (κ3) is 7.52. The lowest BCUT2D eigenvalue weighted by atomic mass is 10.1. The molecule has 2 N–H and O–H groups in total. The standard InChI is InChI=1S/C27H24ClN3O5/c1-3-35-23-11-9-22(10-12-23)31-27(33)19(16-29)14-18-4-13-24(25(15-18)34-2)36-17-26(32)30-21-7-5-20(28)6-8-21/h4-15H,3,17H2,1-2H3,(H,30,32)(H,31,33)/b19-14+. The summed E-state index contributed by atoms with van der Waals surface area (Å²) >= 11 is 5.85. The van der Waals surface area contributed by atoms with Crippen molar-refractivity contribution in [1.29, 1.82) is 5.26 Å². The van der Waals surface area contributed by atoms with Gasteiger partial charge in [-0.3, -0.25) is 9.59 Å². The third-order valence-corrected chi connectivity index (χ3v) is 5.03. The van der Waals surface area contributed by atoms with Crippen molar-refractivity contribution in [3.63, 3.8) is 0 Å². The van der Waals surface area contributed by atoms with Gasteiger partial charge in [0, 0.05) is 16.4 Å². The van der Waals surface area contributed by atoms with E-state index in [1.54, 1.807) is 66.7 Å². The van der Waals surface area contributed by atoms with E-state index in [-0.39, 0.29) is 18.1 Å². The maximum atomic E-state index is 12.6. The van der Waals surface area contributed by atoms with Crippen LogP contribution >= 0.6 is 11.6 Å². The Morgan fingerprint density at radius 3 is 2.25 bits per heavy atom. The molecule has 9 heteroatoms. The molecule has 0 aromatic heterocycles. The van der Waals surface area contributed by atoms with Crippen molar-refractivity contribution in [2.45, 2.75) is 6.92 Å². The lowest BCUT2D eigenvalue weighted by Crippen LogP contribution is -2.20. The SMILES string of the molecule is CCOc1ccc(NC(=O)/C(C#N)=C/c2ccc(OCC(=O)Nc3ccc(Cl)cc3)c(OC)c2)cc1. The summed E-state index contributed by atoms with van der Waals surface area (Å²) in [7, 11) is 1.45. The van der Waals surface area contributed by atoms with Crippen LogP contribution in [-0.4, -0.2) is 32.1 Å². The number of methoxy groups -OCH3 is 1. The summed E-state index contributed by atoms with van der Waals surface area (Å²) in [6.07, 6.45) is 1.43. The highest BCUT2D eigenvalue weighted by atomic mass is 35.5. The van der Waals surface area contributed by atoms with E-state index in [1.165, 1.54) is 13.2 Å². The van der Waals surface area contributed by atoms with Gasteiger partial charge in [-0.05, 0) is 79.2 Å². The average Bonchev–Trinajstić information content (AvgIpc) is 2.88. The van der Waals surface area contributed by atoms with Gasteiger partial charge in [0.2, 0.25) is 0 Å². The topological polar surface area (TPSA) is 110 Å². The minimum absolute atomic E-state index is 0.0954. The Morgan fingerprint density at radius 1 is 0.944 bits per heavy atom. The van der Waals surface area contributed by atoms with E-state index in [0.717, 1.165) is 0 Å². The van der Waals surface area contributed by atoms with E-state index in [4.69, 9.17) is 25.8 Å². The van der Waals surface area contributed by atoms with E-state index in [0.29, 0.717) is 45.8 Å². The third-order valence-electron chi connectivity index (χ3n) is 4.77. The van der Waals surface area contributed by atoms with Crippen LogP contribution in [0.3, 0.4) is 0 Å². The Morgan fingerprint density at radius 2 is 1.61 bits per heavy atom. The van der Waals surface area contributed by atoms with Crippen LogP contribution in [-0.2, 0) is 9.59 Å². The van der Waals surface area contributed by atoms with Crippen LogP contribution in [0.1, 0.15) is 12.5 Å². The zero-order valence-electron chi connectivity index (χ0n) is 19.7. The number of nitrogens with zero attached hydrogens (tertiary/aromatic N) is 1. The number of ether oxygens (including phenoxy) is 3. The van der Waals surface area contributed by atoms with Gasteiger partial charge in [0.1, 0.15) is 17.4 Å². The fourth-order valence-corrected chi connectivity index (χ4v) is 3.21. The van der Waals surface area contributed by atoms with Crippen molar-refractivity contribution in [2.75, 3.05) is 31.0 Å². The number of benzene rings is 3. The van der Waals surface area contributed by atoms with E-state index >= 15 is 0 Å². The number of hydrogen-bond acceptors (Lipinski definition) is 6. The zero-order chi connectivity index (χ0) is 25.9. The van der Waals surface area contributed by atoms with Crippen LogP contribution in [0.25, 0.3) is 6.08 Å². The number of nitrogens with one attached hydrogen (secondary N) is 2. The van der Waals surface area contributed by atoms with Gasteiger partial charge < -0.3 is 24.8 Å². The molecule has 3 aromatic carbocycles. The normalized spacial score (nSPS) is 10.7. The first-order valence-electron chi connectivity index (χ1n) is 10.9. The Bertz CT molecular complexity index is 1280. The van der Waals surface area contributed by atoms with Crippen LogP contribution in [0.5, 0.6) is 17.2 Å². The number of anilines is 2. The molecule has 0 heterocycles. The molecule has 0 bridgehead atoms. The first kappa shape index (κ1) is 26.1. The Kier molecular flexibility index (Phi) is 9.32. The molecule has 0 atom stereocenters. The Labute approximate surface area is 214 Å². The molecule has 36 heavy (non-hydrogen) atoms. The van der Waals surface area contributed by atoms with Gasteiger partial charge in [0.25, 0.3) is 11.8 Å². The molecule has 0 spiro atoms. The highest BCUT2D eigenvalue weighted by molar-refractivity contribution is 6.30. The molecule has 2 amide bonds. The van der Waals surface area contributed by atoms with E-state index in [9.17, 15) is 14.9 Å². The number of carbonyl (C=O) groups is 2. The highest BCUT2D eigenvalue weighted by Crippen LogP contribution is 2.29. The lowest BCUT2D eigenvalue weighted by Gasteiger charge is -2.12. The Balaban J connectivity index is 1.65. The number of nitriles is 1. The summed E-state index contributed by atoms with van der Waals surface area (Å²) in [5, 5.41) is 15.5. The van der Waals surface area contributed by atoms with Gasteiger partial charge >= 0.3 is 0 Å². The van der Waals surface area contributed by atoms with Crippen LogP contribution in [0.2, 0.25) is 5.02 Å². The molecule has 0 aliphatic carbocycles. The van der Waals surface area contributed by atoms with Crippen LogP contribution in [0, 0.1) is 11.3 Å². The fraction of sp³-hybridized carbons (Fsp3) is 0.148. The summed E-state index contributed by atoms with van der Waals surface area (Å²) in [5.41, 5.74) is 1.57. The fourth-order valence-electron chi connectivity index (χ4n) is 3.08. The van der Waals surface area contributed by atoms with Crippen molar-refractivity contribution < 1.29 is 23.8 Å². The van der Waals surface area contributed by atoms with Crippen LogP contribution in [0.15, 0.2) is 72.3 Å². The highest BCUT2D eigenvalue weighted by Gasteiger charge is 2.12. The molecule has 0 saturated heterocycles. The monoisotopic (exact) mass is 505 g/mol. The number of carbonyl (C=O) groups excluding carboxylic acids is 2. The summed E-state index contributed by atoms with van der Waals surface area (Å²) in [4.78, 5) is 24.8. The zero-order valence-corrected chi connectivity index (χ0v) is 20.5. The second-order valence-corrected chi connectivity index (χ2v) is 7.77. The van der Waals surface area contributed by atoms with E-state index < -0.39 is 5.91 Å². The van der Waals surface area contributed by atoms with Gasteiger partial charge in [-0.15, -0.1) is 0 Å². The summed E-state index contributed by atoms with van der Waals surface area (Å²) in [5.74, 6) is 0.440. The van der Waals surface area contributed by atoms with Gasteiger partial charge in [-0.2, -0.15) is 5.26 Å². The van der Waals surface area contributed by atoms with Gasteiger partial charge in [-0.1, -0.05) is 17.7 Å². The maximum absolute atomic E-state index is 12.6. The lowest BCUT2D eigenvalue weighted by molar-refractivity contribution is -0.118. The molecule has 3 rings (SSSR count). The molecule has 8 nitrogen and oxygen atoms in total. The molecule has 3 aromatic rings. The molecule has 0 unspecified atom stereocenters. The van der Waals surface area contributed by atoms with Crippen molar-refractivity contribution in [1.82, 2.24) is 0 Å². The van der Waals surface area contributed by atoms with Crippen LogP contribution < -0.4 is 24.8 Å². The van der Waals surface area contributed by atoms with Crippen molar-refractivity contribution >= 4 is 40.9 Å². The molecule has 184 valence electrons. The van der Waals surface area contributed by atoms with Crippen LogP contribution in [0.4, 0.5) is 11.4 Å². The predicted octanol–water partition coefficient (Wildman–Crippen LogP) is 5.31. The smallest absolute Gasteiger partial charge is 0.266 e. The molecule has 0 aliphatic heterocycles.